The SMILES string of the molecule is O=C1OC(=O)[C@H]2[C@H]1[C@]1(Cl)C(Cl)=C(Cl)[C@@]2(Cl)C1(Cl)Cl. The lowest BCUT2D eigenvalue weighted by Gasteiger charge is -2.32. The minimum Gasteiger partial charge on any atom is -0.393 e. The Balaban J connectivity index is 2.37. The summed E-state index contributed by atoms with van der Waals surface area (Å²) in [4.78, 5) is 19.9. The van der Waals surface area contributed by atoms with Gasteiger partial charge in [-0.15, -0.1) is 23.2 Å². The molecule has 0 spiro atoms. The highest BCUT2D eigenvalue weighted by Gasteiger charge is 2.87. The van der Waals surface area contributed by atoms with Crippen molar-refractivity contribution < 1.29 is 14.3 Å². The molecule has 1 saturated heterocycles. The highest BCUT2D eigenvalue weighted by Crippen LogP contribution is 2.77. The van der Waals surface area contributed by atoms with Crippen molar-refractivity contribution in [2.45, 2.75) is 14.1 Å². The van der Waals surface area contributed by atoms with E-state index in [0.29, 0.717) is 0 Å². The molecule has 1 heterocycles. The Hall–Kier alpha value is 0.620. The summed E-state index contributed by atoms with van der Waals surface area (Å²) < 4.78 is 2.63. The molecule has 0 aromatic heterocycles. The number of carbonyl (C=O) groups is 2. The quantitative estimate of drug-likeness (QED) is 0.374. The van der Waals surface area contributed by atoms with Crippen LogP contribution >= 0.6 is 69.6 Å². The molecule has 0 radical (unpaired) electrons. The van der Waals surface area contributed by atoms with Gasteiger partial charge in [-0.25, -0.2) is 0 Å². The summed E-state index contributed by atoms with van der Waals surface area (Å²) in [5.74, 6) is -3.99. The van der Waals surface area contributed by atoms with Crippen LogP contribution in [0.4, 0.5) is 0 Å². The molecule has 3 aliphatic rings. The van der Waals surface area contributed by atoms with Gasteiger partial charge in [-0.3, -0.25) is 9.59 Å². The number of hydrogen-bond acceptors (Lipinski definition) is 3. The second-order valence-electron chi connectivity index (χ2n) is 4.32. The van der Waals surface area contributed by atoms with Gasteiger partial charge < -0.3 is 4.74 Å². The van der Waals surface area contributed by atoms with Crippen LogP contribution in [0.5, 0.6) is 0 Å². The first-order valence-electron chi connectivity index (χ1n) is 4.69. The van der Waals surface area contributed by atoms with Crippen molar-refractivity contribution in [1.29, 1.82) is 0 Å². The van der Waals surface area contributed by atoms with Crippen molar-refractivity contribution in [1.82, 2.24) is 0 Å². The van der Waals surface area contributed by atoms with Crippen molar-refractivity contribution in [2.75, 3.05) is 0 Å². The van der Waals surface area contributed by atoms with Crippen molar-refractivity contribution in [3.8, 4) is 0 Å². The molecule has 0 aromatic rings. The highest BCUT2D eigenvalue weighted by atomic mass is 35.5. The Bertz CT molecular complexity index is 498. The van der Waals surface area contributed by atoms with Crippen molar-refractivity contribution >= 4 is 81.5 Å². The number of allylic oxidation sites excluding steroid dienone is 2. The van der Waals surface area contributed by atoms with E-state index in [1.807, 2.05) is 0 Å². The zero-order valence-corrected chi connectivity index (χ0v) is 12.7. The van der Waals surface area contributed by atoms with Gasteiger partial charge in [0, 0.05) is 0 Å². The predicted octanol–water partition coefficient (Wildman–Crippen LogP) is 3.15. The molecule has 0 aromatic carbocycles. The first-order chi connectivity index (χ1) is 8.11. The lowest BCUT2D eigenvalue weighted by Crippen LogP contribution is -2.47. The largest absolute Gasteiger partial charge is 0.393 e. The van der Waals surface area contributed by atoms with Gasteiger partial charge in [0.1, 0.15) is 21.6 Å². The molecule has 9 heteroatoms. The minimum absolute atomic E-state index is 0.126. The number of esters is 2. The van der Waals surface area contributed by atoms with Gasteiger partial charge in [0.2, 0.25) is 0 Å². The normalized spacial score (nSPS) is 48.8. The van der Waals surface area contributed by atoms with E-state index in [-0.39, 0.29) is 10.1 Å². The Morgan fingerprint density at radius 1 is 0.833 bits per heavy atom. The Morgan fingerprint density at radius 2 is 1.17 bits per heavy atom. The molecule has 2 aliphatic carbocycles. The summed E-state index contributed by atoms with van der Waals surface area (Å²) >= 11 is 36.9. The monoisotopic (exact) mass is 368 g/mol. The van der Waals surface area contributed by atoms with E-state index in [4.69, 9.17) is 69.6 Å². The number of carbonyl (C=O) groups excluding carboxylic acids is 2. The Labute approximate surface area is 131 Å². The molecule has 0 amide bonds. The molecule has 98 valence electrons. The molecule has 18 heavy (non-hydrogen) atoms. The van der Waals surface area contributed by atoms with Crippen LogP contribution in [0.25, 0.3) is 0 Å². The van der Waals surface area contributed by atoms with Gasteiger partial charge in [0.15, 0.2) is 4.33 Å². The third kappa shape index (κ3) is 1.03. The molecule has 2 bridgehead atoms. The van der Waals surface area contributed by atoms with E-state index < -0.39 is 37.9 Å². The van der Waals surface area contributed by atoms with Crippen LogP contribution in [0, 0.1) is 11.8 Å². The topological polar surface area (TPSA) is 43.4 Å². The second-order valence-corrected chi connectivity index (χ2v) is 7.60. The van der Waals surface area contributed by atoms with Crippen LogP contribution in [0.1, 0.15) is 0 Å². The lowest BCUT2D eigenvalue weighted by atomic mass is 9.84. The number of halogens is 6. The van der Waals surface area contributed by atoms with Gasteiger partial charge in [0.25, 0.3) is 0 Å². The number of alkyl halides is 4. The molecule has 0 unspecified atom stereocenters. The van der Waals surface area contributed by atoms with E-state index in [9.17, 15) is 9.59 Å². The smallest absolute Gasteiger partial charge is 0.319 e. The zero-order chi connectivity index (χ0) is 13.7. The first kappa shape index (κ1) is 13.6. The fourth-order valence-electron chi connectivity index (χ4n) is 2.81. The van der Waals surface area contributed by atoms with Gasteiger partial charge in [-0.1, -0.05) is 46.4 Å². The summed E-state index contributed by atoms with van der Waals surface area (Å²) in [5.41, 5.74) is 0. The molecule has 3 rings (SSSR count). The van der Waals surface area contributed by atoms with E-state index in [0.717, 1.165) is 0 Å². The van der Waals surface area contributed by atoms with Crippen LogP contribution in [0.2, 0.25) is 0 Å². The molecule has 3 nitrogen and oxygen atoms in total. The molecular formula is C9H2Cl6O3. The third-order valence-electron chi connectivity index (χ3n) is 3.64. The Morgan fingerprint density at radius 3 is 1.50 bits per heavy atom. The van der Waals surface area contributed by atoms with E-state index in [1.165, 1.54) is 0 Å². The van der Waals surface area contributed by atoms with Crippen molar-refractivity contribution in [3.63, 3.8) is 0 Å². The standard InChI is InChI=1S/C9H2Cl6O3/c10-3-4(11)8(13)2-1(5(16)18-6(2)17)7(3,12)9(8,14)15/h1-2H/t1-,2-,7-,8+/m1/s1. The number of hydrogen-bond donors (Lipinski definition) is 0. The first-order valence-corrected chi connectivity index (χ1v) is 6.96. The van der Waals surface area contributed by atoms with Gasteiger partial charge in [-0.05, 0) is 0 Å². The van der Waals surface area contributed by atoms with Crippen LogP contribution in [0.3, 0.4) is 0 Å². The summed E-state index contributed by atoms with van der Waals surface area (Å²) in [6, 6.07) is 0. The average molecular weight is 371 g/mol. The van der Waals surface area contributed by atoms with Gasteiger partial charge >= 0.3 is 11.9 Å². The predicted molar refractivity (Wildman–Crippen MR) is 68.4 cm³/mol. The maximum Gasteiger partial charge on any atom is 0.319 e. The molecule has 2 fully saturated rings. The fraction of sp³-hybridized carbons (Fsp3) is 0.556. The van der Waals surface area contributed by atoms with Crippen LogP contribution in [-0.4, -0.2) is 26.0 Å². The average Bonchev–Trinajstić information content (AvgIpc) is 2.68. The van der Waals surface area contributed by atoms with E-state index >= 15 is 0 Å². The molecule has 0 N–H and O–H groups in total. The summed E-state index contributed by atoms with van der Waals surface area (Å²) in [6.07, 6.45) is 0. The van der Waals surface area contributed by atoms with Crippen LogP contribution in [0.15, 0.2) is 10.1 Å². The number of rotatable bonds is 0. The third-order valence-corrected chi connectivity index (χ3v) is 7.90. The van der Waals surface area contributed by atoms with Crippen molar-refractivity contribution in [3.05, 3.63) is 10.1 Å². The maximum atomic E-state index is 11.7. The molecule has 4 atom stereocenters. The highest BCUT2D eigenvalue weighted by molar-refractivity contribution is 6.66. The van der Waals surface area contributed by atoms with Gasteiger partial charge in [0.05, 0.1) is 10.1 Å². The molecule has 1 saturated carbocycles. The maximum absolute atomic E-state index is 11.7. The van der Waals surface area contributed by atoms with Crippen LogP contribution < -0.4 is 0 Å². The van der Waals surface area contributed by atoms with Gasteiger partial charge in [-0.2, -0.15) is 0 Å². The zero-order valence-electron chi connectivity index (χ0n) is 8.15. The summed E-state index contributed by atoms with van der Waals surface area (Å²) in [6.45, 7) is 0. The summed E-state index contributed by atoms with van der Waals surface area (Å²) in [5, 5.41) is -0.252. The number of ether oxygens (including phenoxy) is 1. The lowest BCUT2D eigenvalue weighted by molar-refractivity contribution is -0.154. The number of cyclic esters (lactones) is 2. The van der Waals surface area contributed by atoms with E-state index in [2.05, 4.69) is 4.74 Å². The van der Waals surface area contributed by atoms with E-state index in [1.54, 1.807) is 0 Å². The second kappa shape index (κ2) is 3.44. The fourth-order valence-corrected chi connectivity index (χ4v) is 5.73. The van der Waals surface area contributed by atoms with Crippen LogP contribution in [-0.2, 0) is 14.3 Å². The van der Waals surface area contributed by atoms with Crippen molar-refractivity contribution in [2.24, 2.45) is 11.8 Å². The minimum atomic E-state index is -1.89. The summed E-state index contributed by atoms with van der Waals surface area (Å²) in [7, 11) is 0. The molecule has 1 aliphatic heterocycles. The molecular weight excluding hydrogens is 369 g/mol. The Kier molecular flexibility index (Phi) is 2.60. The number of fused-ring (bicyclic) bond motifs is 5.